The zero-order valence-electron chi connectivity index (χ0n) is 15.3. The summed E-state index contributed by atoms with van der Waals surface area (Å²) < 4.78 is 14.0. The van der Waals surface area contributed by atoms with E-state index in [4.69, 9.17) is 0 Å². The molecule has 4 rings (SSSR count). The molecule has 1 aliphatic carbocycles. The number of hydrogen-bond acceptors (Lipinski definition) is 5. The molecule has 27 heavy (non-hydrogen) atoms. The van der Waals surface area contributed by atoms with Gasteiger partial charge in [0.25, 0.3) is 0 Å². The highest BCUT2D eigenvalue weighted by molar-refractivity contribution is 8.00. The van der Waals surface area contributed by atoms with E-state index >= 15 is 0 Å². The molecule has 2 aliphatic rings. The van der Waals surface area contributed by atoms with Crippen molar-refractivity contribution in [2.75, 3.05) is 18.8 Å². The number of piperidine rings is 1. The Labute approximate surface area is 167 Å². The van der Waals surface area contributed by atoms with Gasteiger partial charge in [-0.05, 0) is 37.8 Å². The molecule has 1 aromatic heterocycles. The van der Waals surface area contributed by atoms with Crippen LogP contribution in [-0.4, -0.2) is 45.1 Å². The van der Waals surface area contributed by atoms with Gasteiger partial charge in [-0.25, -0.2) is 4.39 Å². The van der Waals surface area contributed by atoms with Gasteiger partial charge in [-0.1, -0.05) is 36.3 Å². The van der Waals surface area contributed by atoms with Gasteiger partial charge in [-0.2, -0.15) is 0 Å². The van der Waals surface area contributed by atoms with Gasteiger partial charge < -0.3 is 4.90 Å². The van der Waals surface area contributed by atoms with Crippen molar-refractivity contribution in [1.82, 2.24) is 15.1 Å². The molecule has 7 heteroatoms. The van der Waals surface area contributed by atoms with E-state index in [2.05, 4.69) is 10.2 Å². The Morgan fingerprint density at radius 3 is 2.81 bits per heavy atom. The zero-order valence-corrected chi connectivity index (χ0v) is 16.9. The number of rotatable bonds is 5. The van der Waals surface area contributed by atoms with Crippen molar-refractivity contribution < 1.29 is 9.18 Å². The predicted octanol–water partition coefficient (Wildman–Crippen LogP) is 4.73. The van der Waals surface area contributed by atoms with Gasteiger partial charge in [0, 0.05) is 29.8 Å². The summed E-state index contributed by atoms with van der Waals surface area (Å²) in [6.07, 6.45) is 7.11. The first-order valence-electron chi connectivity index (χ1n) is 9.68. The van der Waals surface area contributed by atoms with Gasteiger partial charge in [0.15, 0.2) is 5.01 Å². The topological polar surface area (TPSA) is 46.1 Å². The first-order valence-corrected chi connectivity index (χ1v) is 11.5. The monoisotopic (exact) mass is 405 g/mol. The Morgan fingerprint density at radius 1 is 1.19 bits per heavy atom. The molecule has 0 N–H and O–H groups in total. The van der Waals surface area contributed by atoms with Crippen LogP contribution < -0.4 is 0 Å². The summed E-state index contributed by atoms with van der Waals surface area (Å²) >= 11 is 3.28. The second kappa shape index (κ2) is 8.69. The number of hydrogen-bond donors (Lipinski definition) is 0. The largest absolute Gasteiger partial charge is 0.341 e. The van der Waals surface area contributed by atoms with Gasteiger partial charge in [0.2, 0.25) is 5.91 Å². The number of nitrogens with zero attached hydrogens (tertiary/aromatic N) is 3. The smallest absolute Gasteiger partial charge is 0.232 e. The number of benzene rings is 1. The molecule has 1 aliphatic heterocycles. The molecule has 1 saturated carbocycles. The highest BCUT2D eigenvalue weighted by atomic mass is 32.2. The van der Waals surface area contributed by atoms with E-state index in [0.717, 1.165) is 24.4 Å². The average Bonchev–Trinajstić information content (AvgIpc) is 3.39. The number of amides is 1. The third-order valence-corrected chi connectivity index (χ3v) is 7.89. The number of halogens is 1. The van der Waals surface area contributed by atoms with Crippen LogP contribution >= 0.6 is 23.1 Å². The molecule has 2 fully saturated rings. The van der Waals surface area contributed by atoms with Crippen molar-refractivity contribution in [3.8, 4) is 10.6 Å². The number of likely N-dealkylation sites (tertiary alicyclic amines) is 1. The molecule has 0 unspecified atom stereocenters. The van der Waals surface area contributed by atoms with Gasteiger partial charge in [-0.3, -0.25) is 4.79 Å². The summed E-state index contributed by atoms with van der Waals surface area (Å²) in [4.78, 5) is 14.6. The Balaban J connectivity index is 1.38. The zero-order chi connectivity index (χ0) is 18.6. The lowest BCUT2D eigenvalue weighted by Gasteiger charge is -2.31. The SMILES string of the molecule is O=C(CSC1CCCC1)N1CCC[C@H](c2nnc(-c3ccccc3F)s2)C1. The van der Waals surface area contributed by atoms with E-state index in [1.54, 1.807) is 12.1 Å². The summed E-state index contributed by atoms with van der Waals surface area (Å²) in [5.41, 5.74) is 0.498. The van der Waals surface area contributed by atoms with Crippen molar-refractivity contribution in [3.05, 3.63) is 35.1 Å². The molecule has 2 aromatic rings. The van der Waals surface area contributed by atoms with Crippen LogP contribution in [0.25, 0.3) is 10.6 Å². The molecule has 1 amide bonds. The minimum atomic E-state index is -0.274. The molecule has 4 nitrogen and oxygen atoms in total. The van der Waals surface area contributed by atoms with Crippen molar-refractivity contribution in [3.63, 3.8) is 0 Å². The van der Waals surface area contributed by atoms with Crippen LogP contribution in [0.15, 0.2) is 24.3 Å². The molecule has 0 radical (unpaired) electrons. The summed E-state index contributed by atoms with van der Waals surface area (Å²) in [6.45, 7) is 1.54. The van der Waals surface area contributed by atoms with Gasteiger partial charge in [0.05, 0.1) is 5.75 Å². The number of carbonyl (C=O) groups excluding carboxylic acids is 1. The van der Waals surface area contributed by atoms with E-state index in [1.807, 2.05) is 22.7 Å². The molecule has 0 spiro atoms. The van der Waals surface area contributed by atoms with E-state index in [1.165, 1.54) is 43.1 Å². The minimum absolute atomic E-state index is 0.206. The fourth-order valence-electron chi connectivity index (χ4n) is 3.88. The van der Waals surface area contributed by atoms with Crippen LogP contribution in [0.2, 0.25) is 0 Å². The average molecular weight is 406 g/mol. The second-order valence-corrected chi connectivity index (χ2v) is 9.62. The first kappa shape index (κ1) is 18.9. The molecule has 2 heterocycles. The Morgan fingerprint density at radius 2 is 2.00 bits per heavy atom. The van der Waals surface area contributed by atoms with Gasteiger partial charge in [-0.15, -0.1) is 22.0 Å². The van der Waals surface area contributed by atoms with Crippen molar-refractivity contribution in [2.24, 2.45) is 0 Å². The van der Waals surface area contributed by atoms with E-state index < -0.39 is 0 Å². The Bertz CT molecular complexity index is 791. The van der Waals surface area contributed by atoms with Crippen molar-refractivity contribution in [2.45, 2.75) is 49.7 Å². The fraction of sp³-hybridized carbons (Fsp3) is 0.550. The number of aromatic nitrogens is 2. The molecule has 1 atom stereocenters. The van der Waals surface area contributed by atoms with Crippen LogP contribution in [0, 0.1) is 5.82 Å². The van der Waals surface area contributed by atoms with Crippen LogP contribution in [0.4, 0.5) is 4.39 Å². The summed E-state index contributed by atoms with van der Waals surface area (Å²) in [5, 5.41) is 10.7. The van der Waals surface area contributed by atoms with E-state index in [9.17, 15) is 9.18 Å². The van der Waals surface area contributed by atoms with E-state index in [-0.39, 0.29) is 17.6 Å². The molecule has 1 aromatic carbocycles. The number of carbonyl (C=O) groups is 1. The van der Waals surface area contributed by atoms with E-state index in [0.29, 0.717) is 28.1 Å². The summed E-state index contributed by atoms with van der Waals surface area (Å²) in [7, 11) is 0. The Hall–Kier alpha value is -1.47. The lowest BCUT2D eigenvalue weighted by atomic mass is 9.99. The lowest BCUT2D eigenvalue weighted by molar-refractivity contribution is -0.129. The maximum atomic E-state index is 14.0. The summed E-state index contributed by atoms with van der Waals surface area (Å²) in [5.74, 6) is 0.769. The van der Waals surface area contributed by atoms with Gasteiger partial charge >= 0.3 is 0 Å². The quantitative estimate of drug-likeness (QED) is 0.722. The van der Waals surface area contributed by atoms with Crippen LogP contribution in [0.5, 0.6) is 0 Å². The standard InChI is InChI=1S/C20H24FN3OS2/c21-17-10-4-3-9-16(17)20-23-22-19(27-20)14-6-5-11-24(12-14)18(25)13-26-15-7-1-2-8-15/h3-4,9-10,14-15H,1-2,5-8,11-13H2/t14-/m0/s1. The predicted molar refractivity (Wildman–Crippen MR) is 109 cm³/mol. The van der Waals surface area contributed by atoms with Gasteiger partial charge in [0.1, 0.15) is 10.8 Å². The maximum absolute atomic E-state index is 14.0. The molecular weight excluding hydrogens is 381 g/mol. The second-order valence-electron chi connectivity index (χ2n) is 7.32. The molecule has 1 saturated heterocycles. The van der Waals surface area contributed by atoms with Crippen LogP contribution in [0.1, 0.15) is 49.5 Å². The third kappa shape index (κ3) is 4.51. The normalized spacial score (nSPS) is 20.9. The molecular formula is C20H24FN3OS2. The Kier molecular flexibility index (Phi) is 6.08. The maximum Gasteiger partial charge on any atom is 0.232 e. The van der Waals surface area contributed by atoms with Crippen LogP contribution in [0.3, 0.4) is 0 Å². The summed E-state index contributed by atoms with van der Waals surface area (Å²) in [6, 6.07) is 6.66. The van der Waals surface area contributed by atoms with Crippen molar-refractivity contribution in [1.29, 1.82) is 0 Å². The first-order chi connectivity index (χ1) is 13.2. The molecule has 0 bridgehead atoms. The minimum Gasteiger partial charge on any atom is -0.341 e. The third-order valence-electron chi connectivity index (χ3n) is 5.41. The van der Waals surface area contributed by atoms with Crippen LogP contribution in [-0.2, 0) is 4.79 Å². The highest BCUT2D eigenvalue weighted by Crippen LogP contribution is 2.34. The molecule has 144 valence electrons. The highest BCUT2D eigenvalue weighted by Gasteiger charge is 2.28. The fourth-order valence-corrected chi connectivity index (χ4v) is 6.11. The lowest BCUT2D eigenvalue weighted by Crippen LogP contribution is -2.40. The number of thioether (sulfide) groups is 1. The van der Waals surface area contributed by atoms with Crippen molar-refractivity contribution >= 4 is 29.0 Å².